The number of phenols is 1. The number of carbonyl (C=O) groups excluding carboxylic acids is 6. The van der Waals surface area contributed by atoms with Crippen LogP contribution in [0.25, 0.3) is 0 Å². The zero-order chi connectivity index (χ0) is 30.1. The number of carbonyl (C=O) groups is 6. The Morgan fingerprint density at radius 2 is 1.85 bits per heavy atom. The van der Waals surface area contributed by atoms with Gasteiger partial charge in [0.25, 0.3) is 0 Å². The number of anilines is 1. The molecular formula is C28H33FN4O8. The number of aliphatic hydroxyl groups is 1. The van der Waals surface area contributed by atoms with E-state index in [2.05, 4.69) is 5.32 Å². The molecule has 12 nitrogen and oxygen atoms in total. The number of piperidine rings is 1. The van der Waals surface area contributed by atoms with Crippen LogP contribution in [0.5, 0.6) is 5.75 Å². The van der Waals surface area contributed by atoms with E-state index in [0.29, 0.717) is 13.0 Å². The quantitative estimate of drug-likeness (QED) is 0.269. The zero-order valence-corrected chi connectivity index (χ0v) is 23.0. The molecule has 3 fully saturated rings. The van der Waals surface area contributed by atoms with E-state index in [1.54, 1.807) is 7.05 Å². The molecule has 7 atom stereocenters. The molecule has 0 bridgehead atoms. The molecular weight excluding hydrogens is 539 g/mol. The van der Waals surface area contributed by atoms with E-state index in [-0.39, 0.29) is 24.1 Å². The van der Waals surface area contributed by atoms with Crippen LogP contribution in [-0.2, 0) is 30.4 Å². The highest BCUT2D eigenvalue weighted by atomic mass is 19.1. The largest absolute Gasteiger partial charge is 0.505 e. The summed E-state index contributed by atoms with van der Waals surface area (Å²) in [6, 6.07) is -0.835. The van der Waals surface area contributed by atoms with E-state index < -0.39 is 93.4 Å². The molecule has 2 amide bonds. The highest BCUT2D eigenvalue weighted by molar-refractivity contribution is 6.32. The highest BCUT2D eigenvalue weighted by Gasteiger charge is 2.69. The van der Waals surface area contributed by atoms with Gasteiger partial charge in [-0.3, -0.25) is 38.6 Å². The number of rotatable bonds is 4. The van der Waals surface area contributed by atoms with Crippen molar-refractivity contribution in [1.82, 2.24) is 9.80 Å². The van der Waals surface area contributed by atoms with Crippen LogP contribution in [0.15, 0.2) is 6.07 Å². The van der Waals surface area contributed by atoms with E-state index in [0.717, 1.165) is 18.9 Å². The minimum atomic E-state index is -2.87. The third-order valence-corrected chi connectivity index (χ3v) is 9.34. The molecule has 5 rings (SSSR count). The van der Waals surface area contributed by atoms with Gasteiger partial charge in [0.05, 0.1) is 29.3 Å². The van der Waals surface area contributed by atoms with Gasteiger partial charge in [-0.15, -0.1) is 0 Å². The molecule has 0 radical (unpaired) electrons. The lowest BCUT2D eigenvalue weighted by Crippen LogP contribution is -2.74. The molecule has 0 aromatic heterocycles. The van der Waals surface area contributed by atoms with Crippen molar-refractivity contribution in [3.63, 3.8) is 0 Å². The Hall–Kier alpha value is -3.55. The van der Waals surface area contributed by atoms with Crippen molar-refractivity contribution in [3.8, 4) is 5.75 Å². The number of benzene rings is 1. The molecule has 1 aliphatic heterocycles. The van der Waals surface area contributed by atoms with Crippen molar-refractivity contribution in [2.45, 2.75) is 49.8 Å². The van der Waals surface area contributed by atoms with Crippen LogP contribution in [0.3, 0.4) is 0 Å². The molecule has 1 aromatic carbocycles. The highest BCUT2D eigenvalue weighted by Crippen LogP contribution is 2.51. The molecule has 4 aliphatic rings. The van der Waals surface area contributed by atoms with Crippen LogP contribution in [-0.4, -0.2) is 100 Å². The lowest BCUT2D eigenvalue weighted by atomic mass is 9.52. The van der Waals surface area contributed by atoms with E-state index >= 15 is 4.39 Å². The number of hydrogen-bond donors (Lipinski definition) is 4. The summed E-state index contributed by atoms with van der Waals surface area (Å²) in [4.78, 5) is 82.3. The average Bonchev–Trinajstić information content (AvgIpc) is 2.89. The number of aromatic hydroxyl groups is 1. The monoisotopic (exact) mass is 572 g/mol. The SMILES string of the molecule is CN(C)[C@@H]1C(=O)C(C(N)=O)C(=O)[C@@]2(O)C(=O)C3C(=O)c4c(O)c(NC(=O)[C@@H]5CCCCN5C)cc(F)c4CC3C[C@@H]12. The number of halogens is 1. The summed E-state index contributed by atoms with van der Waals surface area (Å²) in [7, 11) is 4.73. The van der Waals surface area contributed by atoms with Crippen molar-refractivity contribution >= 4 is 40.6 Å². The number of ketones is 4. The normalized spacial score (nSPS) is 33.7. The van der Waals surface area contributed by atoms with Gasteiger partial charge in [-0.05, 0) is 59.3 Å². The van der Waals surface area contributed by atoms with Crippen molar-refractivity contribution < 1.29 is 43.4 Å². The van der Waals surface area contributed by atoms with Crippen LogP contribution in [0.1, 0.15) is 41.6 Å². The lowest BCUT2D eigenvalue weighted by molar-refractivity contribution is -0.181. The number of Topliss-reactive ketones (excluding diaryl/α,β-unsaturated/α-hetero) is 4. The third kappa shape index (κ3) is 4.20. The first-order valence-corrected chi connectivity index (χ1v) is 13.6. The Morgan fingerprint density at radius 1 is 1.17 bits per heavy atom. The number of nitrogens with two attached hydrogens (primary N) is 1. The molecule has 5 N–H and O–H groups in total. The molecule has 0 spiro atoms. The fourth-order valence-corrected chi connectivity index (χ4v) is 7.34. The van der Waals surface area contributed by atoms with Gasteiger partial charge in [0.2, 0.25) is 11.8 Å². The summed E-state index contributed by atoms with van der Waals surface area (Å²) in [5.74, 6) is -13.8. The third-order valence-electron chi connectivity index (χ3n) is 9.34. The van der Waals surface area contributed by atoms with Crippen LogP contribution in [0, 0.1) is 29.5 Å². The molecule has 3 aliphatic carbocycles. The number of amides is 2. The second-order valence-corrected chi connectivity index (χ2v) is 11.9. The van der Waals surface area contributed by atoms with E-state index in [1.165, 1.54) is 19.0 Å². The standard InChI is InChI=1S/C28H33FN4O8/c1-32(2)20-13-9-11-8-12-14(29)10-15(31-27(40)16-6-4-5-7-33(16)3)21(34)18(12)22(35)17(11)24(37)28(13,41)25(38)19(23(20)36)26(30)39/h10-11,13,16-17,19-20,34,41H,4-9H2,1-3H3,(H2,30,39)(H,31,40)/t11?,13-,16-,17?,19?,20-,28-/m0/s1. The number of likely N-dealkylation sites (tertiary alicyclic amines) is 1. The molecule has 13 heteroatoms. The maximum atomic E-state index is 15.5. The van der Waals surface area contributed by atoms with Crippen LogP contribution in [0.4, 0.5) is 10.1 Å². The number of hydrogen-bond acceptors (Lipinski definition) is 10. The molecule has 1 heterocycles. The van der Waals surface area contributed by atoms with Gasteiger partial charge in [0.15, 0.2) is 34.7 Å². The van der Waals surface area contributed by atoms with Gasteiger partial charge in [0.1, 0.15) is 11.6 Å². The minimum Gasteiger partial charge on any atom is -0.505 e. The zero-order valence-electron chi connectivity index (χ0n) is 23.0. The number of nitrogens with one attached hydrogen (secondary N) is 1. The molecule has 1 saturated heterocycles. The molecule has 3 unspecified atom stereocenters. The number of nitrogens with zero attached hydrogens (tertiary/aromatic N) is 2. The molecule has 1 aromatic rings. The summed E-state index contributed by atoms with van der Waals surface area (Å²) >= 11 is 0. The minimum absolute atomic E-state index is 0.162. The first-order valence-electron chi connectivity index (χ1n) is 13.6. The summed E-state index contributed by atoms with van der Waals surface area (Å²) in [6.07, 6.45) is 1.91. The van der Waals surface area contributed by atoms with Crippen molar-refractivity contribution in [2.75, 3.05) is 33.0 Å². The number of phenolic OH excluding ortho intramolecular Hbond substituents is 1. The van der Waals surface area contributed by atoms with Gasteiger partial charge in [0, 0.05) is 17.5 Å². The Labute approximate surface area is 235 Å². The van der Waals surface area contributed by atoms with Crippen LogP contribution < -0.4 is 11.1 Å². The van der Waals surface area contributed by atoms with Crippen LogP contribution in [0.2, 0.25) is 0 Å². The number of likely N-dealkylation sites (N-methyl/N-ethyl adjacent to an activating group) is 2. The number of primary amides is 1. The molecule has 2 saturated carbocycles. The fraction of sp³-hybridized carbons (Fsp3) is 0.571. The number of fused-ring (bicyclic) bond motifs is 3. The lowest BCUT2D eigenvalue weighted by Gasteiger charge is -2.52. The molecule has 41 heavy (non-hydrogen) atoms. The van der Waals surface area contributed by atoms with E-state index in [4.69, 9.17) is 5.73 Å². The maximum Gasteiger partial charge on any atom is 0.241 e. The summed E-state index contributed by atoms with van der Waals surface area (Å²) in [5, 5.41) is 25.2. The van der Waals surface area contributed by atoms with Gasteiger partial charge in [-0.25, -0.2) is 4.39 Å². The summed E-state index contributed by atoms with van der Waals surface area (Å²) in [6.45, 7) is 0.686. The Kier molecular flexibility index (Phi) is 7.11. The second-order valence-electron chi connectivity index (χ2n) is 11.9. The predicted molar refractivity (Wildman–Crippen MR) is 140 cm³/mol. The Bertz CT molecular complexity index is 1400. The second kappa shape index (κ2) is 10.1. The van der Waals surface area contributed by atoms with Crippen LogP contribution >= 0.6 is 0 Å². The maximum absolute atomic E-state index is 15.5. The van der Waals surface area contributed by atoms with Crippen molar-refractivity contribution in [2.24, 2.45) is 29.4 Å². The summed E-state index contributed by atoms with van der Waals surface area (Å²) < 4.78 is 15.5. The Balaban J connectivity index is 1.54. The van der Waals surface area contributed by atoms with Crippen molar-refractivity contribution in [1.29, 1.82) is 0 Å². The predicted octanol–water partition coefficient (Wildman–Crippen LogP) is -0.571. The average molecular weight is 573 g/mol. The smallest absolute Gasteiger partial charge is 0.241 e. The first kappa shape index (κ1) is 29.0. The van der Waals surface area contributed by atoms with Gasteiger partial charge >= 0.3 is 0 Å². The van der Waals surface area contributed by atoms with Gasteiger partial charge in [-0.1, -0.05) is 6.42 Å². The summed E-state index contributed by atoms with van der Waals surface area (Å²) in [5.41, 5.74) is 1.43. The first-order chi connectivity index (χ1) is 19.2. The fourth-order valence-electron chi connectivity index (χ4n) is 7.34. The topological polar surface area (TPSA) is 187 Å². The van der Waals surface area contributed by atoms with Gasteiger partial charge in [-0.2, -0.15) is 0 Å². The molecule has 220 valence electrons. The van der Waals surface area contributed by atoms with Crippen molar-refractivity contribution in [3.05, 3.63) is 23.0 Å². The van der Waals surface area contributed by atoms with E-state index in [9.17, 15) is 39.0 Å². The Morgan fingerprint density at radius 3 is 2.46 bits per heavy atom. The van der Waals surface area contributed by atoms with E-state index in [1.807, 2.05) is 4.90 Å². The van der Waals surface area contributed by atoms with Gasteiger partial charge < -0.3 is 21.3 Å².